The van der Waals surface area contributed by atoms with Crippen LogP contribution in [0.25, 0.3) is 0 Å². The van der Waals surface area contributed by atoms with Gasteiger partial charge in [-0.05, 0) is 29.7 Å². The highest BCUT2D eigenvalue weighted by Gasteiger charge is 2.65. The number of aromatic nitrogens is 2. The number of anilines is 1. The van der Waals surface area contributed by atoms with Crippen molar-refractivity contribution >= 4 is 23.3 Å². The minimum absolute atomic E-state index is 0.209. The molecule has 0 unspecified atom stereocenters. The Kier molecular flexibility index (Phi) is 3.94. The van der Waals surface area contributed by atoms with Crippen molar-refractivity contribution in [2.45, 2.75) is 13.8 Å². The van der Waals surface area contributed by atoms with E-state index in [1.54, 1.807) is 62.1 Å². The van der Waals surface area contributed by atoms with Crippen LogP contribution in [0, 0.1) is 17.3 Å². The molecule has 2 atom stereocenters. The van der Waals surface area contributed by atoms with E-state index in [0.717, 1.165) is 0 Å². The van der Waals surface area contributed by atoms with Crippen molar-refractivity contribution < 1.29 is 19.5 Å². The van der Waals surface area contributed by atoms with E-state index in [2.05, 4.69) is 10.3 Å². The predicted molar refractivity (Wildman–Crippen MR) is 90.1 cm³/mol. The van der Waals surface area contributed by atoms with Crippen molar-refractivity contribution in [3.05, 3.63) is 48.0 Å². The summed E-state index contributed by atoms with van der Waals surface area (Å²) in [6, 6.07) is 6.47. The molecule has 0 radical (unpaired) electrons. The van der Waals surface area contributed by atoms with Crippen LogP contribution in [0.1, 0.15) is 30.0 Å². The lowest BCUT2D eigenvalue weighted by Crippen LogP contribution is -2.17. The average Bonchev–Trinajstić information content (AvgIpc) is 2.90. The smallest absolute Gasteiger partial charge is 0.307 e. The molecular formula is C18H19N3O4. The minimum atomic E-state index is -0.957. The Bertz CT molecular complexity index is 851. The fourth-order valence-electron chi connectivity index (χ4n) is 3.23. The molecule has 0 saturated heterocycles. The van der Waals surface area contributed by atoms with Gasteiger partial charge in [-0.1, -0.05) is 13.8 Å². The number of carbonyl (C=O) groups is 3. The number of nitrogens with zero attached hydrogens (tertiary/aromatic N) is 2. The highest BCUT2D eigenvalue weighted by Crippen LogP contribution is 2.58. The Morgan fingerprint density at radius 1 is 1.16 bits per heavy atom. The summed E-state index contributed by atoms with van der Waals surface area (Å²) < 4.78 is 1.64. The van der Waals surface area contributed by atoms with E-state index >= 15 is 0 Å². The van der Waals surface area contributed by atoms with Crippen molar-refractivity contribution in [2.75, 3.05) is 5.32 Å². The van der Waals surface area contributed by atoms with Crippen LogP contribution < -0.4 is 5.32 Å². The molecule has 2 N–H and O–H groups in total. The molecule has 7 nitrogen and oxygen atoms in total. The zero-order valence-corrected chi connectivity index (χ0v) is 14.2. The van der Waals surface area contributed by atoms with Crippen LogP contribution in [0.4, 0.5) is 5.69 Å². The normalized spacial score (nSPS) is 20.8. The summed E-state index contributed by atoms with van der Waals surface area (Å²) in [4.78, 5) is 39.8. The van der Waals surface area contributed by atoms with Gasteiger partial charge >= 0.3 is 5.97 Å². The molecule has 0 aliphatic heterocycles. The topological polar surface area (TPSA) is 101 Å². The maximum Gasteiger partial charge on any atom is 0.307 e. The van der Waals surface area contributed by atoms with Crippen molar-refractivity contribution in [2.24, 2.45) is 24.3 Å². The molecule has 1 aliphatic rings. The largest absolute Gasteiger partial charge is 0.481 e. The van der Waals surface area contributed by atoms with Crippen LogP contribution in [-0.2, 0) is 16.6 Å². The lowest BCUT2D eigenvalue weighted by Gasteiger charge is -2.07. The summed E-state index contributed by atoms with van der Waals surface area (Å²) in [5.41, 5.74) is 0.431. The Morgan fingerprint density at radius 3 is 2.28 bits per heavy atom. The van der Waals surface area contributed by atoms with Gasteiger partial charge in [0.1, 0.15) is 0 Å². The molecule has 25 heavy (non-hydrogen) atoms. The second kappa shape index (κ2) is 5.84. The number of benzene rings is 1. The number of aryl methyl sites for hydroxylation is 1. The Balaban J connectivity index is 1.70. The number of amides is 1. The maximum atomic E-state index is 12.3. The zero-order valence-electron chi connectivity index (χ0n) is 14.2. The first-order valence-corrected chi connectivity index (χ1v) is 7.89. The van der Waals surface area contributed by atoms with Gasteiger partial charge in [0.25, 0.3) is 0 Å². The first-order chi connectivity index (χ1) is 11.7. The summed E-state index contributed by atoms with van der Waals surface area (Å²) in [6.45, 7) is 3.54. The van der Waals surface area contributed by atoms with Crippen LogP contribution in [0.3, 0.4) is 0 Å². The number of aliphatic carboxylic acids is 1. The lowest BCUT2D eigenvalue weighted by atomic mass is 10.1. The zero-order chi connectivity index (χ0) is 18.4. The van der Waals surface area contributed by atoms with Crippen LogP contribution >= 0.6 is 0 Å². The highest BCUT2D eigenvalue weighted by molar-refractivity contribution is 6.07. The molecule has 2 aromatic rings. The number of carbonyl (C=O) groups excluding carboxylic acids is 2. The number of imidazole rings is 1. The molecule has 1 amide bonds. The average molecular weight is 341 g/mol. The van der Waals surface area contributed by atoms with Crippen LogP contribution in [0.15, 0.2) is 36.7 Å². The molecule has 7 heteroatoms. The fraction of sp³-hybridized carbons (Fsp3) is 0.333. The van der Waals surface area contributed by atoms with Gasteiger partial charge in [0.05, 0.1) is 11.8 Å². The Labute approximate surface area is 144 Å². The van der Waals surface area contributed by atoms with Crippen molar-refractivity contribution in [1.82, 2.24) is 9.55 Å². The van der Waals surface area contributed by atoms with Gasteiger partial charge in [-0.2, -0.15) is 0 Å². The molecule has 1 aromatic carbocycles. The molecule has 0 spiro atoms. The summed E-state index contributed by atoms with van der Waals surface area (Å²) in [5, 5.41) is 11.9. The number of carboxylic acids is 1. The fourth-order valence-corrected chi connectivity index (χ4v) is 3.23. The molecule has 1 aromatic heterocycles. The monoisotopic (exact) mass is 341 g/mol. The molecule has 130 valence electrons. The molecule has 1 heterocycles. The number of rotatable bonds is 5. The van der Waals surface area contributed by atoms with Crippen molar-refractivity contribution in [1.29, 1.82) is 0 Å². The van der Waals surface area contributed by atoms with Gasteiger partial charge < -0.3 is 15.0 Å². The third-order valence-corrected chi connectivity index (χ3v) is 4.81. The summed E-state index contributed by atoms with van der Waals surface area (Å²) in [5.74, 6) is -2.38. The van der Waals surface area contributed by atoms with Crippen molar-refractivity contribution in [3.63, 3.8) is 0 Å². The van der Waals surface area contributed by atoms with E-state index in [1.165, 1.54) is 0 Å². The SMILES string of the molecule is Cn1ccnc1C(=O)c1ccc(NC(=O)[C@H]2[C@H](C(=O)O)C2(C)C)cc1. The maximum absolute atomic E-state index is 12.3. The quantitative estimate of drug-likeness (QED) is 0.810. The molecule has 1 fully saturated rings. The second-order valence-electron chi connectivity index (χ2n) is 6.87. The Morgan fingerprint density at radius 2 is 1.80 bits per heavy atom. The van der Waals surface area contributed by atoms with E-state index < -0.39 is 23.2 Å². The standard InChI is InChI=1S/C18H19N3O4/c1-18(2)12(13(18)17(24)25)16(23)20-11-6-4-10(5-7-11)14(22)15-19-8-9-21(15)3/h4-9,12-13H,1-3H3,(H,20,23)(H,24,25)/t12-,13-/m1/s1. The molecule has 1 aliphatic carbocycles. The van der Waals surface area contributed by atoms with E-state index in [-0.39, 0.29) is 11.7 Å². The molecule has 0 bridgehead atoms. The second-order valence-corrected chi connectivity index (χ2v) is 6.87. The number of hydrogen-bond donors (Lipinski definition) is 2. The predicted octanol–water partition coefficient (Wildman–Crippen LogP) is 1.95. The summed E-state index contributed by atoms with van der Waals surface area (Å²) >= 11 is 0. The van der Waals surface area contributed by atoms with Crippen LogP contribution in [-0.4, -0.2) is 32.3 Å². The summed E-state index contributed by atoms with van der Waals surface area (Å²) in [7, 11) is 1.74. The molecular weight excluding hydrogens is 322 g/mol. The first kappa shape index (κ1) is 16.9. The van der Waals surface area contributed by atoms with E-state index in [9.17, 15) is 14.4 Å². The Hall–Kier alpha value is -2.96. The number of nitrogens with one attached hydrogen (secondary N) is 1. The number of carboxylic acid groups (broad SMARTS) is 1. The van der Waals surface area contributed by atoms with E-state index in [1.807, 2.05) is 0 Å². The number of ketones is 1. The van der Waals surface area contributed by atoms with Crippen LogP contribution in [0.5, 0.6) is 0 Å². The van der Waals surface area contributed by atoms with Gasteiger partial charge in [-0.3, -0.25) is 14.4 Å². The van der Waals surface area contributed by atoms with Crippen LogP contribution in [0.2, 0.25) is 0 Å². The van der Waals surface area contributed by atoms with Gasteiger partial charge in [-0.25, -0.2) is 4.98 Å². The number of hydrogen-bond acceptors (Lipinski definition) is 4. The third kappa shape index (κ3) is 2.93. The summed E-state index contributed by atoms with van der Waals surface area (Å²) in [6.07, 6.45) is 3.25. The molecule has 3 rings (SSSR count). The third-order valence-electron chi connectivity index (χ3n) is 4.81. The lowest BCUT2D eigenvalue weighted by molar-refractivity contribution is -0.140. The van der Waals surface area contributed by atoms with E-state index in [0.29, 0.717) is 17.1 Å². The van der Waals surface area contributed by atoms with E-state index in [4.69, 9.17) is 5.11 Å². The van der Waals surface area contributed by atoms with Crippen molar-refractivity contribution in [3.8, 4) is 0 Å². The van der Waals surface area contributed by atoms with Gasteiger partial charge in [0.2, 0.25) is 11.7 Å². The van der Waals surface area contributed by atoms with Gasteiger partial charge in [0.15, 0.2) is 5.82 Å². The van der Waals surface area contributed by atoms with Gasteiger partial charge in [-0.15, -0.1) is 0 Å². The van der Waals surface area contributed by atoms with Gasteiger partial charge in [0, 0.05) is 30.7 Å². The molecule has 1 saturated carbocycles. The highest BCUT2D eigenvalue weighted by atomic mass is 16.4. The minimum Gasteiger partial charge on any atom is -0.481 e. The first-order valence-electron chi connectivity index (χ1n) is 7.89.